The second kappa shape index (κ2) is 8.96. The van der Waals surface area contributed by atoms with Crippen LogP contribution in [0.1, 0.15) is 16.8 Å². The molecule has 1 N–H and O–H groups in total. The van der Waals surface area contributed by atoms with Crippen molar-refractivity contribution < 1.29 is 14.3 Å². The van der Waals surface area contributed by atoms with Crippen LogP contribution in [0.25, 0.3) is 11.0 Å². The zero-order valence-electron chi connectivity index (χ0n) is 16.6. The molecule has 0 bridgehead atoms. The van der Waals surface area contributed by atoms with Crippen LogP contribution in [0.3, 0.4) is 0 Å². The Morgan fingerprint density at radius 1 is 1.10 bits per heavy atom. The van der Waals surface area contributed by atoms with Crippen LogP contribution in [0.2, 0.25) is 0 Å². The van der Waals surface area contributed by atoms with Crippen molar-refractivity contribution in [1.82, 2.24) is 14.9 Å². The molecule has 1 saturated heterocycles. The maximum absolute atomic E-state index is 11.6. The summed E-state index contributed by atoms with van der Waals surface area (Å²) in [5.41, 5.74) is 2.58. The standard InChI is InChI=1S/C22H26N4O3/c1-28-21(27)17-6-4-7-18(16-17)29-15-14-25-10-5-11-26(13-12-25)22-23-19-8-2-3-9-20(19)24-22/h2-4,6-9,16H,5,10-15H2,1H3,(H,23,24). The van der Waals surface area contributed by atoms with Gasteiger partial charge in [-0.05, 0) is 36.8 Å². The Kier molecular flexibility index (Phi) is 5.95. The number of ether oxygens (including phenoxy) is 2. The van der Waals surface area contributed by atoms with Gasteiger partial charge in [0.1, 0.15) is 12.4 Å². The average molecular weight is 394 g/mol. The highest BCUT2D eigenvalue weighted by atomic mass is 16.5. The molecule has 2 heterocycles. The van der Waals surface area contributed by atoms with Gasteiger partial charge in [-0.15, -0.1) is 0 Å². The second-order valence-electron chi connectivity index (χ2n) is 7.13. The maximum atomic E-state index is 11.6. The van der Waals surface area contributed by atoms with Gasteiger partial charge in [0, 0.05) is 32.7 Å². The molecule has 0 saturated carbocycles. The summed E-state index contributed by atoms with van der Waals surface area (Å²) < 4.78 is 10.6. The number of methoxy groups -OCH3 is 1. The number of aromatic nitrogens is 2. The summed E-state index contributed by atoms with van der Waals surface area (Å²) in [6, 6.07) is 15.2. The quantitative estimate of drug-likeness (QED) is 0.648. The van der Waals surface area contributed by atoms with Crippen LogP contribution in [0, 0.1) is 0 Å². The van der Waals surface area contributed by atoms with E-state index < -0.39 is 0 Å². The molecule has 0 unspecified atom stereocenters. The largest absolute Gasteiger partial charge is 0.492 e. The van der Waals surface area contributed by atoms with Gasteiger partial charge in [0.2, 0.25) is 5.95 Å². The summed E-state index contributed by atoms with van der Waals surface area (Å²) in [5.74, 6) is 1.28. The zero-order chi connectivity index (χ0) is 20.1. The van der Waals surface area contributed by atoms with Gasteiger partial charge < -0.3 is 19.4 Å². The monoisotopic (exact) mass is 394 g/mol. The minimum absolute atomic E-state index is 0.353. The van der Waals surface area contributed by atoms with Crippen molar-refractivity contribution in [2.45, 2.75) is 6.42 Å². The minimum atomic E-state index is -0.353. The number of benzene rings is 2. The number of rotatable bonds is 6. The first-order valence-electron chi connectivity index (χ1n) is 9.96. The van der Waals surface area contributed by atoms with E-state index in [9.17, 15) is 4.79 Å². The van der Waals surface area contributed by atoms with Crippen LogP contribution in [0.15, 0.2) is 48.5 Å². The molecule has 152 valence electrons. The van der Waals surface area contributed by atoms with Gasteiger partial charge in [0.15, 0.2) is 0 Å². The molecule has 0 atom stereocenters. The molecule has 7 heteroatoms. The van der Waals surface area contributed by atoms with Crippen LogP contribution >= 0.6 is 0 Å². The molecule has 2 aromatic carbocycles. The Morgan fingerprint density at radius 3 is 2.86 bits per heavy atom. The number of para-hydroxylation sites is 2. The van der Waals surface area contributed by atoms with Gasteiger partial charge in [-0.25, -0.2) is 9.78 Å². The third-order valence-electron chi connectivity index (χ3n) is 5.20. The molecule has 0 radical (unpaired) electrons. The summed E-state index contributed by atoms with van der Waals surface area (Å²) in [6.45, 7) is 5.33. The van der Waals surface area contributed by atoms with E-state index in [1.165, 1.54) is 7.11 Å². The van der Waals surface area contributed by atoms with E-state index in [0.717, 1.165) is 56.1 Å². The Hall–Kier alpha value is -3.06. The van der Waals surface area contributed by atoms with E-state index in [1.807, 2.05) is 24.3 Å². The van der Waals surface area contributed by atoms with E-state index in [-0.39, 0.29) is 5.97 Å². The van der Waals surface area contributed by atoms with Gasteiger partial charge in [0.25, 0.3) is 0 Å². The molecule has 7 nitrogen and oxygen atoms in total. The van der Waals surface area contributed by atoms with E-state index in [0.29, 0.717) is 17.9 Å². The highest BCUT2D eigenvalue weighted by molar-refractivity contribution is 5.89. The van der Waals surface area contributed by atoms with Crippen LogP contribution in [-0.2, 0) is 4.74 Å². The third kappa shape index (κ3) is 4.68. The summed E-state index contributed by atoms with van der Waals surface area (Å²) >= 11 is 0. The molecule has 3 aromatic rings. The Morgan fingerprint density at radius 2 is 2.00 bits per heavy atom. The smallest absolute Gasteiger partial charge is 0.337 e. The second-order valence-corrected chi connectivity index (χ2v) is 7.13. The Bertz CT molecular complexity index is 938. The molecule has 4 rings (SSSR count). The van der Waals surface area contributed by atoms with E-state index in [2.05, 4.69) is 20.9 Å². The fraction of sp³-hybridized carbons (Fsp3) is 0.364. The summed E-state index contributed by atoms with van der Waals surface area (Å²) in [4.78, 5) is 24.5. The third-order valence-corrected chi connectivity index (χ3v) is 5.20. The van der Waals surface area contributed by atoms with E-state index in [4.69, 9.17) is 14.5 Å². The van der Waals surface area contributed by atoms with Crippen molar-refractivity contribution in [3.8, 4) is 5.75 Å². The van der Waals surface area contributed by atoms with Gasteiger partial charge >= 0.3 is 5.97 Å². The molecule has 29 heavy (non-hydrogen) atoms. The van der Waals surface area contributed by atoms with Gasteiger partial charge in [0.05, 0.1) is 23.7 Å². The van der Waals surface area contributed by atoms with Gasteiger partial charge in [-0.3, -0.25) is 4.90 Å². The summed E-state index contributed by atoms with van der Waals surface area (Å²) in [7, 11) is 1.38. The number of carbonyl (C=O) groups excluding carboxylic acids is 1. The molecule has 1 fully saturated rings. The fourth-order valence-electron chi connectivity index (χ4n) is 3.62. The summed E-state index contributed by atoms with van der Waals surface area (Å²) in [5, 5.41) is 0. The normalized spacial score (nSPS) is 15.3. The van der Waals surface area contributed by atoms with Crippen LogP contribution in [-0.4, -0.2) is 67.3 Å². The highest BCUT2D eigenvalue weighted by Crippen LogP contribution is 2.19. The molecule has 1 aromatic heterocycles. The first-order chi connectivity index (χ1) is 14.2. The number of carbonyl (C=O) groups is 1. The molecular formula is C22H26N4O3. The number of hydrogen-bond donors (Lipinski definition) is 1. The van der Waals surface area contributed by atoms with Crippen LogP contribution in [0.5, 0.6) is 5.75 Å². The number of nitrogens with one attached hydrogen (secondary N) is 1. The lowest BCUT2D eigenvalue weighted by Crippen LogP contribution is -2.33. The average Bonchev–Trinajstić information content (AvgIpc) is 3.05. The molecule has 0 aliphatic carbocycles. The molecule has 1 aliphatic rings. The van der Waals surface area contributed by atoms with E-state index >= 15 is 0 Å². The maximum Gasteiger partial charge on any atom is 0.337 e. The topological polar surface area (TPSA) is 70.7 Å². The number of nitrogens with zero attached hydrogens (tertiary/aromatic N) is 3. The van der Waals surface area contributed by atoms with Crippen molar-refractivity contribution in [2.24, 2.45) is 0 Å². The lowest BCUT2D eigenvalue weighted by atomic mass is 10.2. The molecule has 0 spiro atoms. The number of hydrogen-bond acceptors (Lipinski definition) is 6. The fourth-order valence-corrected chi connectivity index (χ4v) is 3.62. The van der Waals surface area contributed by atoms with Crippen LogP contribution < -0.4 is 9.64 Å². The number of H-pyrrole nitrogens is 1. The lowest BCUT2D eigenvalue weighted by molar-refractivity contribution is 0.0600. The van der Waals surface area contributed by atoms with Crippen LogP contribution in [0.4, 0.5) is 5.95 Å². The Balaban J connectivity index is 1.28. The summed E-state index contributed by atoms with van der Waals surface area (Å²) in [6.07, 6.45) is 1.08. The SMILES string of the molecule is COC(=O)c1cccc(OCCN2CCCN(c3nc4ccccc4[nH]3)CC2)c1. The molecular weight excluding hydrogens is 368 g/mol. The first-order valence-corrected chi connectivity index (χ1v) is 9.96. The van der Waals surface area contributed by atoms with Crippen molar-refractivity contribution in [3.63, 3.8) is 0 Å². The van der Waals surface area contributed by atoms with Crippen molar-refractivity contribution >= 4 is 23.0 Å². The molecule has 0 amide bonds. The van der Waals surface area contributed by atoms with Crippen molar-refractivity contribution in [1.29, 1.82) is 0 Å². The number of anilines is 1. The Labute approximate surface area is 170 Å². The van der Waals surface area contributed by atoms with E-state index in [1.54, 1.807) is 18.2 Å². The first kappa shape index (κ1) is 19.3. The van der Waals surface area contributed by atoms with Crippen molar-refractivity contribution in [3.05, 3.63) is 54.1 Å². The number of aromatic amines is 1. The predicted octanol–water partition coefficient (Wildman–Crippen LogP) is 2.94. The predicted molar refractivity (Wildman–Crippen MR) is 113 cm³/mol. The van der Waals surface area contributed by atoms with Gasteiger partial charge in [-0.1, -0.05) is 18.2 Å². The number of esters is 1. The minimum Gasteiger partial charge on any atom is -0.492 e. The number of fused-ring (bicyclic) bond motifs is 1. The van der Waals surface area contributed by atoms with Gasteiger partial charge in [-0.2, -0.15) is 0 Å². The number of imidazole rings is 1. The van der Waals surface area contributed by atoms with Crippen molar-refractivity contribution in [2.75, 3.05) is 51.3 Å². The highest BCUT2D eigenvalue weighted by Gasteiger charge is 2.17. The molecule has 1 aliphatic heterocycles. The lowest BCUT2D eigenvalue weighted by Gasteiger charge is -2.21. The zero-order valence-corrected chi connectivity index (χ0v) is 16.6.